The Bertz CT molecular complexity index is 1260. The lowest BCUT2D eigenvalue weighted by molar-refractivity contribution is 0.0936. The molecule has 0 radical (unpaired) electrons. The van der Waals surface area contributed by atoms with Crippen LogP contribution in [0, 0.1) is 12.7 Å². The molecule has 9 nitrogen and oxygen atoms in total. The minimum Gasteiger partial charge on any atom is -0.389 e. The molecule has 0 unspecified atom stereocenters. The fourth-order valence-corrected chi connectivity index (χ4v) is 2.91. The molecule has 31 heavy (non-hydrogen) atoms. The van der Waals surface area contributed by atoms with Crippen LogP contribution in [-0.4, -0.2) is 42.7 Å². The third-order valence-electron chi connectivity index (χ3n) is 4.55. The number of aliphatic hydroxyl groups is 1. The quantitative estimate of drug-likeness (QED) is 0.435. The molecule has 160 valence electrons. The van der Waals surface area contributed by atoms with Crippen molar-refractivity contribution in [1.29, 1.82) is 0 Å². The van der Waals surface area contributed by atoms with Crippen LogP contribution in [0.4, 0.5) is 16.1 Å². The van der Waals surface area contributed by atoms with Gasteiger partial charge in [-0.3, -0.25) is 9.20 Å². The van der Waals surface area contributed by atoms with Gasteiger partial charge in [0, 0.05) is 30.1 Å². The van der Waals surface area contributed by atoms with Crippen molar-refractivity contribution in [3.05, 3.63) is 59.8 Å². The Morgan fingerprint density at radius 1 is 1.29 bits per heavy atom. The van der Waals surface area contributed by atoms with Crippen molar-refractivity contribution in [2.45, 2.75) is 26.4 Å². The van der Waals surface area contributed by atoms with Crippen LogP contribution in [0.1, 0.15) is 29.9 Å². The van der Waals surface area contributed by atoms with Crippen molar-refractivity contribution in [1.82, 2.24) is 19.5 Å². The highest BCUT2D eigenvalue weighted by Gasteiger charge is 2.17. The van der Waals surface area contributed by atoms with Gasteiger partial charge in [0.25, 0.3) is 5.91 Å². The van der Waals surface area contributed by atoms with E-state index in [4.69, 9.17) is 4.52 Å². The number of amides is 1. The molecule has 0 bridgehead atoms. The lowest BCUT2D eigenvalue weighted by Gasteiger charge is -2.15. The van der Waals surface area contributed by atoms with Gasteiger partial charge in [-0.15, -0.1) is 0 Å². The minimum atomic E-state index is -0.931. The van der Waals surface area contributed by atoms with Gasteiger partial charge in [0.15, 0.2) is 0 Å². The number of hydrogen-bond acceptors (Lipinski definition) is 7. The van der Waals surface area contributed by atoms with Crippen molar-refractivity contribution in [3.8, 4) is 11.4 Å². The van der Waals surface area contributed by atoms with Gasteiger partial charge in [0.1, 0.15) is 17.2 Å². The van der Waals surface area contributed by atoms with E-state index in [-0.39, 0.29) is 24.2 Å². The van der Waals surface area contributed by atoms with Gasteiger partial charge in [0.05, 0.1) is 11.8 Å². The number of pyridine rings is 1. The van der Waals surface area contributed by atoms with Crippen molar-refractivity contribution >= 4 is 23.3 Å². The van der Waals surface area contributed by atoms with Crippen LogP contribution in [0.2, 0.25) is 0 Å². The second-order valence-electron chi connectivity index (χ2n) is 7.79. The second-order valence-corrected chi connectivity index (χ2v) is 7.79. The Morgan fingerprint density at radius 3 is 2.87 bits per heavy atom. The average Bonchev–Trinajstić information content (AvgIpc) is 3.34. The first-order chi connectivity index (χ1) is 14.7. The summed E-state index contributed by atoms with van der Waals surface area (Å²) in [5.41, 5.74) is 1.72. The number of carbonyl (C=O) groups is 1. The summed E-state index contributed by atoms with van der Waals surface area (Å²) in [6.07, 6.45) is 2.85. The molecule has 4 aromatic rings. The summed E-state index contributed by atoms with van der Waals surface area (Å²) < 4.78 is 20.1. The van der Waals surface area contributed by atoms with Gasteiger partial charge in [-0.05, 0) is 38.5 Å². The number of anilines is 2. The number of halogens is 1. The molecular weight excluding hydrogens is 403 g/mol. The number of imidazole rings is 1. The lowest BCUT2D eigenvalue weighted by Crippen LogP contribution is -2.29. The first kappa shape index (κ1) is 20.5. The van der Waals surface area contributed by atoms with Crippen LogP contribution < -0.4 is 10.6 Å². The SMILES string of the molecule is Cc1ccc(-c2noc(NCC(C)(C)O)n2)cc1NC(=O)c1cnc2cc(F)ccn12. The van der Waals surface area contributed by atoms with E-state index in [9.17, 15) is 14.3 Å². The number of fused-ring (bicyclic) bond motifs is 1. The molecule has 3 heterocycles. The molecule has 10 heteroatoms. The zero-order chi connectivity index (χ0) is 22.2. The Hall–Kier alpha value is -3.79. The maximum absolute atomic E-state index is 13.4. The van der Waals surface area contributed by atoms with Gasteiger partial charge < -0.3 is 20.3 Å². The normalized spacial score (nSPS) is 11.6. The van der Waals surface area contributed by atoms with E-state index >= 15 is 0 Å². The fraction of sp³-hybridized carbons (Fsp3) is 0.238. The van der Waals surface area contributed by atoms with Crippen LogP contribution in [0.25, 0.3) is 17.0 Å². The fourth-order valence-electron chi connectivity index (χ4n) is 2.91. The summed E-state index contributed by atoms with van der Waals surface area (Å²) >= 11 is 0. The van der Waals surface area contributed by atoms with E-state index in [1.54, 1.807) is 19.9 Å². The number of aromatic nitrogens is 4. The summed E-state index contributed by atoms with van der Waals surface area (Å²) in [4.78, 5) is 21.2. The molecule has 3 N–H and O–H groups in total. The molecule has 0 aliphatic heterocycles. The molecule has 0 aliphatic carbocycles. The minimum absolute atomic E-state index is 0.182. The van der Waals surface area contributed by atoms with E-state index in [1.165, 1.54) is 28.9 Å². The summed E-state index contributed by atoms with van der Waals surface area (Å²) in [7, 11) is 0. The lowest BCUT2D eigenvalue weighted by atomic mass is 10.1. The molecule has 0 spiro atoms. The van der Waals surface area contributed by atoms with Gasteiger partial charge in [-0.1, -0.05) is 17.3 Å². The molecule has 4 rings (SSSR count). The smallest absolute Gasteiger partial charge is 0.321 e. The summed E-state index contributed by atoms with van der Waals surface area (Å²) in [5, 5.41) is 19.5. The number of benzene rings is 1. The van der Waals surface area contributed by atoms with Crippen molar-refractivity contribution < 1.29 is 18.8 Å². The Morgan fingerprint density at radius 2 is 2.10 bits per heavy atom. The van der Waals surface area contributed by atoms with Gasteiger partial charge in [-0.2, -0.15) is 4.98 Å². The molecule has 0 atom stereocenters. The predicted molar refractivity (Wildman–Crippen MR) is 112 cm³/mol. The van der Waals surface area contributed by atoms with Crippen molar-refractivity contribution in [2.24, 2.45) is 0 Å². The molecule has 3 aromatic heterocycles. The number of carbonyl (C=O) groups excluding carboxylic acids is 1. The molecule has 0 saturated heterocycles. The number of aryl methyl sites for hydroxylation is 1. The molecule has 1 amide bonds. The standard InChI is InChI=1S/C21H21FN6O3/c1-12-4-5-13(18-26-20(31-27-18)24-11-21(2,3)30)8-15(12)25-19(29)16-10-23-17-9-14(22)6-7-28(16)17/h4-10,30H,11H2,1-3H3,(H,25,29)(H,24,26,27). The first-order valence-electron chi connectivity index (χ1n) is 9.54. The summed E-state index contributed by atoms with van der Waals surface area (Å²) in [5.74, 6) is -0.482. The van der Waals surface area contributed by atoms with Crippen LogP contribution >= 0.6 is 0 Å². The maximum Gasteiger partial charge on any atom is 0.321 e. The van der Waals surface area contributed by atoms with Gasteiger partial charge in [0.2, 0.25) is 5.82 Å². The average molecular weight is 424 g/mol. The third kappa shape index (κ3) is 4.53. The van der Waals surface area contributed by atoms with E-state index in [1.807, 2.05) is 19.1 Å². The monoisotopic (exact) mass is 424 g/mol. The van der Waals surface area contributed by atoms with E-state index in [0.29, 0.717) is 22.7 Å². The number of nitrogens with zero attached hydrogens (tertiary/aromatic N) is 4. The molecule has 0 saturated carbocycles. The Kier molecular flexibility index (Phi) is 5.15. The molecule has 1 aromatic carbocycles. The largest absolute Gasteiger partial charge is 0.389 e. The highest BCUT2D eigenvalue weighted by atomic mass is 19.1. The molecular formula is C21H21FN6O3. The maximum atomic E-state index is 13.4. The van der Waals surface area contributed by atoms with Crippen LogP contribution in [0.3, 0.4) is 0 Å². The van der Waals surface area contributed by atoms with E-state index in [0.717, 1.165) is 5.56 Å². The second kappa shape index (κ2) is 7.80. The third-order valence-corrected chi connectivity index (χ3v) is 4.55. The number of nitrogens with one attached hydrogen (secondary N) is 2. The van der Waals surface area contributed by atoms with Gasteiger partial charge in [-0.25, -0.2) is 9.37 Å². The zero-order valence-corrected chi connectivity index (χ0v) is 17.2. The van der Waals surface area contributed by atoms with E-state index < -0.39 is 11.4 Å². The Balaban J connectivity index is 1.55. The van der Waals surface area contributed by atoms with Crippen LogP contribution in [0.5, 0.6) is 0 Å². The zero-order valence-electron chi connectivity index (χ0n) is 17.2. The van der Waals surface area contributed by atoms with Crippen LogP contribution in [-0.2, 0) is 0 Å². The topological polar surface area (TPSA) is 118 Å². The highest BCUT2D eigenvalue weighted by Crippen LogP contribution is 2.25. The summed E-state index contributed by atoms with van der Waals surface area (Å²) in [6.45, 7) is 5.42. The van der Waals surface area contributed by atoms with Crippen molar-refractivity contribution in [3.63, 3.8) is 0 Å². The highest BCUT2D eigenvalue weighted by molar-refractivity contribution is 6.04. The number of hydrogen-bond donors (Lipinski definition) is 3. The van der Waals surface area contributed by atoms with Crippen molar-refractivity contribution in [2.75, 3.05) is 17.2 Å². The van der Waals surface area contributed by atoms with Gasteiger partial charge >= 0.3 is 6.01 Å². The van der Waals surface area contributed by atoms with Crippen LogP contribution in [0.15, 0.2) is 47.2 Å². The Labute approximate surface area is 176 Å². The van der Waals surface area contributed by atoms with E-state index in [2.05, 4.69) is 25.8 Å². The molecule has 0 fully saturated rings. The summed E-state index contributed by atoms with van der Waals surface area (Å²) in [6, 6.07) is 8.07. The predicted octanol–water partition coefficient (Wildman–Crippen LogP) is 3.27. The number of rotatable bonds is 6. The molecule has 0 aliphatic rings. The first-order valence-corrected chi connectivity index (χ1v) is 9.54.